The van der Waals surface area contributed by atoms with E-state index in [0.717, 1.165) is 66.6 Å². The molecule has 0 aliphatic carbocycles. The molecule has 30 heavy (non-hydrogen) atoms. The highest BCUT2D eigenvalue weighted by Gasteiger charge is 2.26. The molecule has 0 unspecified atom stereocenters. The number of hydrogen-bond acceptors (Lipinski definition) is 4. The second-order valence-electron chi connectivity index (χ2n) is 7.85. The molecule has 152 valence electrons. The van der Waals surface area contributed by atoms with Gasteiger partial charge in [0.05, 0.1) is 18.9 Å². The standard InChI is InChI=1S/C25H25N3O2/c1-18-5-2-3-6-21(18)25(29)28-12-11-20-17-19(9-10-23(20)28)22-7-4-8-24(26-22)27-13-15-30-16-14-27/h2-10,17H,11-16H2,1H3. The Morgan fingerprint density at radius 1 is 0.967 bits per heavy atom. The molecule has 2 aliphatic heterocycles. The van der Waals surface area contributed by atoms with Crippen molar-refractivity contribution in [2.45, 2.75) is 13.3 Å². The van der Waals surface area contributed by atoms with Crippen LogP contribution in [0.2, 0.25) is 0 Å². The van der Waals surface area contributed by atoms with Gasteiger partial charge in [-0.05, 0) is 54.8 Å². The second-order valence-corrected chi connectivity index (χ2v) is 7.85. The molecule has 5 rings (SSSR count). The molecule has 0 radical (unpaired) electrons. The van der Waals surface area contributed by atoms with Gasteiger partial charge in [0.15, 0.2) is 0 Å². The normalized spacial score (nSPS) is 15.9. The van der Waals surface area contributed by atoms with E-state index in [9.17, 15) is 4.79 Å². The first-order chi connectivity index (χ1) is 14.7. The molecule has 3 heterocycles. The summed E-state index contributed by atoms with van der Waals surface area (Å²) in [6.45, 7) is 5.94. The van der Waals surface area contributed by atoms with Crippen LogP contribution in [0.4, 0.5) is 11.5 Å². The van der Waals surface area contributed by atoms with Crippen molar-refractivity contribution in [3.05, 3.63) is 77.4 Å². The molecule has 0 N–H and O–H groups in total. The van der Waals surface area contributed by atoms with Crippen LogP contribution in [0.15, 0.2) is 60.7 Å². The number of benzene rings is 2. The molecule has 1 aromatic heterocycles. The van der Waals surface area contributed by atoms with Crippen molar-refractivity contribution in [2.24, 2.45) is 0 Å². The largest absolute Gasteiger partial charge is 0.378 e. The fourth-order valence-corrected chi connectivity index (χ4v) is 4.28. The van der Waals surface area contributed by atoms with Crippen molar-refractivity contribution in [3.8, 4) is 11.3 Å². The van der Waals surface area contributed by atoms with Gasteiger partial charge in [0.2, 0.25) is 0 Å². The van der Waals surface area contributed by atoms with Gasteiger partial charge in [-0.3, -0.25) is 4.79 Å². The lowest BCUT2D eigenvalue weighted by Crippen LogP contribution is -2.36. The molecule has 3 aromatic rings. The summed E-state index contributed by atoms with van der Waals surface area (Å²) in [7, 11) is 0. The van der Waals surface area contributed by atoms with Crippen LogP contribution in [0.1, 0.15) is 21.5 Å². The van der Waals surface area contributed by atoms with Gasteiger partial charge < -0.3 is 14.5 Å². The van der Waals surface area contributed by atoms with Gasteiger partial charge in [-0.15, -0.1) is 0 Å². The monoisotopic (exact) mass is 399 g/mol. The molecule has 2 aromatic carbocycles. The topological polar surface area (TPSA) is 45.7 Å². The maximum absolute atomic E-state index is 13.1. The highest BCUT2D eigenvalue weighted by Crippen LogP contribution is 2.33. The number of rotatable bonds is 3. The Bertz CT molecular complexity index is 1090. The minimum absolute atomic E-state index is 0.0760. The van der Waals surface area contributed by atoms with E-state index in [1.54, 1.807) is 0 Å². The highest BCUT2D eigenvalue weighted by atomic mass is 16.5. The summed E-state index contributed by atoms with van der Waals surface area (Å²) in [4.78, 5) is 22.2. The maximum Gasteiger partial charge on any atom is 0.258 e. The summed E-state index contributed by atoms with van der Waals surface area (Å²) < 4.78 is 5.45. The molecule has 0 saturated carbocycles. The summed E-state index contributed by atoms with van der Waals surface area (Å²) >= 11 is 0. The zero-order valence-corrected chi connectivity index (χ0v) is 17.2. The summed E-state index contributed by atoms with van der Waals surface area (Å²) in [5.41, 5.74) is 6.05. The van der Waals surface area contributed by atoms with E-state index in [2.05, 4.69) is 41.3 Å². The Labute approximate surface area is 176 Å². The molecule has 1 saturated heterocycles. The summed E-state index contributed by atoms with van der Waals surface area (Å²) in [5.74, 6) is 1.07. The predicted molar refractivity (Wildman–Crippen MR) is 119 cm³/mol. The van der Waals surface area contributed by atoms with E-state index in [4.69, 9.17) is 9.72 Å². The van der Waals surface area contributed by atoms with Gasteiger partial charge in [-0.25, -0.2) is 4.98 Å². The van der Waals surface area contributed by atoms with Crippen molar-refractivity contribution < 1.29 is 9.53 Å². The number of nitrogens with zero attached hydrogens (tertiary/aromatic N) is 3. The number of aryl methyl sites for hydroxylation is 1. The van der Waals surface area contributed by atoms with E-state index < -0.39 is 0 Å². The SMILES string of the molecule is Cc1ccccc1C(=O)N1CCc2cc(-c3cccc(N4CCOCC4)n3)ccc21. The molecule has 1 fully saturated rings. The van der Waals surface area contributed by atoms with E-state index >= 15 is 0 Å². The van der Waals surface area contributed by atoms with Crippen LogP contribution in [-0.2, 0) is 11.2 Å². The van der Waals surface area contributed by atoms with Gasteiger partial charge in [0.1, 0.15) is 5.82 Å². The average molecular weight is 399 g/mol. The molecule has 5 heteroatoms. The summed E-state index contributed by atoms with van der Waals surface area (Å²) in [5, 5.41) is 0. The van der Waals surface area contributed by atoms with Gasteiger partial charge in [0, 0.05) is 36.4 Å². The fourth-order valence-electron chi connectivity index (χ4n) is 4.28. The van der Waals surface area contributed by atoms with Gasteiger partial charge in [0.25, 0.3) is 5.91 Å². The first kappa shape index (κ1) is 18.8. The second kappa shape index (κ2) is 7.92. The molecular formula is C25H25N3O2. The van der Waals surface area contributed by atoms with Crippen LogP contribution in [0.3, 0.4) is 0 Å². The number of hydrogen-bond donors (Lipinski definition) is 0. The number of carbonyl (C=O) groups is 1. The Morgan fingerprint density at radius 2 is 1.80 bits per heavy atom. The number of ether oxygens (including phenoxy) is 1. The molecular weight excluding hydrogens is 374 g/mol. The van der Waals surface area contributed by atoms with E-state index in [1.165, 1.54) is 5.56 Å². The number of morpholine rings is 1. The van der Waals surface area contributed by atoms with Crippen molar-refractivity contribution in [1.29, 1.82) is 0 Å². The third kappa shape index (κ3) is 3.46. The Morgan fingerprint density at radius 3 is 2.63 bits per heavy atom. The van der Waals surface area contributed by atoms with Crippen LogP contribution in [0.25, 0.3) is 11.3 Å². The summed E-state index contributed by atoms with van der Waals surface area (Å²) in [6.07, 6.45) is 0.865. The first-order valence-electron chi connectivity index (χ1n) is 10.5. The minimum atomic E-state index is 0.0760. The highest BCUT2D eigenvalue weighted by molar-refractivity contribution is 6.08. The van der Waals surface area contributed by atoms with Crippen molar-refractivity contribution >= 4 is 17.4 Å². The van der Waals surface area contributed by atoms with Crippen molar-refractivity contribution in [3.63, 3.8) is 0 Å². The molecule has 0 spiro atoms. The summed E-state index contributed by atoms with van der Waals surface area (Å²) in [6, 6.07) is 20.3. The third-order valence-electron chi connectivity index (χ3n) is 5.96. The third-order valence-corrected chi connectivity index (χ3v) is 5.96. The van der Waals surface area contributed by atoms with Crippen LogP contribution >= 0.6 is 0 Å². The van der Waals surface area contributed by atoms with E-state index in [1.807, 2.05) is 36.1 Å². The number of amides is 1. The Hall–Kier alpha value is -3.18. The first-order valence-corrected chi connectivity index (χ1v) is 10.5. The lowest BCUT2D eigenvalue weighted by Gasteiger charge is -2.28. The van der Waals surface area contributed by atoms with Crippen LogP contribution in [-0.4, -0.2) is 43.7 Å². The molecule has 5 nitrogen and oxygen atoms in total. The zero-order chi connectivity index (χ0) is 20.5. The number of carbonyl (C=O) groups excluding carboxylic acids is 1. The molecule has 0 bridgehead atoms. The average Bonchev–Trinajstić information content (AvgIpc) is 3.23. The maximum atomic E-state index is 13.1. The van der Waals surface area contributed by atoms with Crippen molar-refractivity contribution in [2.75, 3.05) is 42.6 Å². The van der Waals surface area contributed by atoms with E-state index in [0.29, 0.717) is 6.54 Å². The van der Waals surface area contributed by atoms with Crippen LogP contribution < -0.4 is 9.80 Å². The lowest BCUT2D eigenvalue weighted by atomic mass is 10.0. The fraction of sp³-hybridized carbons (Fsp3) is 0.280. The number of aromatic nitrogens is 1. The molecule has 0 atom stereocenters. The number of anilines is 2. The number of fused-ring (bicyclic) bond motifs is 1. The predicted octanol–water partition coefficient (Wildman–Crippen LogP) is 4.10. The Balaban J connectivity index is 1.42. The Kier molecular flexibility index (Phi) is 4.97. The zero-order valence-electron chi connectivity index (χ0n) is 17.2. The lowest BCUT2D eigenvalue weighted by molar-refractivity contribution is 0.0989. The van der Waals surface area contributed by atoms with Crippen molar-refractivity contribution in [1.82, 2.24) is 4.98 Å². The van der Waals surface area contributed by atoms with E-state index in [-0.39, 0.29) is 5.91 Å². The molecule has 2 aliphatic rings. The minimum Gasteiger partial charge on any atom is -0.378 e. The van der Waals surface area contributed by atoms with Gasteiger partial charge in [-0.1, -0.05) is 30.3 Å². The van der Waals surface area contributed by atoms with Gasteiger partial charge >= 0.3 is 0 Å². The number of pyridine rings is 1. The molecule has 1 amide bonds. The van der Waals surface area contributed by atoms with Crippen LogP contribution in [0, 0.1) is 6.92 Å². The quantitative estimate of drug-likeness (QED) is 0.665. The van der Waals surface area contributed by atoms with Crippen LogP contribution in [0.5, 0.6) is 0 Å². The van der Waals surface area contributed by atoms with Gasteiger partial charge in [-0.2, -0.15) is 0 Å². The smallest absolute Gasteiger partial charge is 0.258 e.